The summed E-state index contributed by atoms with van der Waals surface area (Å²) in [6.07, 6.45) is -1.11. The number of hydrogen-bond acceptors (Lipinski definition) is 1. The SMILES string of the molecule is FC(F)c1cc(I)c(Br)cn1. The molecule has 0 bridgehead atoms. The van der Waals surface area contributed by atoms with Crippen LogP contribution < -0.4 is 0 Å². The molecule has 0 saturated carbocycles. The van der Waals surface area contributed by atoms with Crippen LogP contribution in [-0.2, 0) is 0 Å². The minimum absolute atomic E-state index is 0.183. The fourth-order valence-corrected chi connectivity index (χ4v) is 1.22. The van der Waals surface area contributed by atoms with Gasteiger partial charge in [0.05, 0.1) is 0 Å². The number of pyridine rings is 1. The normalized spacial score (nSPS) is 10.6. The van der Waals surface area contributed by atoms with E-state index in [4.69, 9.17) is 0 Å². The molecule has 0 amide bonds. The van der Waals surface area contributed by atoms with Gasteiger partial charge in [0.1, 0.15) is 5.69 Å². The van der Waals surface area contributed by atoms with Gasteiger partial charge in [-0.15, -0.1) is 0 Å². The van der Waals surface area contributed by atoms with Crippen LogP contribution in [0, 0.1) is 3.57 Å². The van der Waals surface area contributed by atoms with E-state index in [1.54, 1.807) is 0 Å². The summed E-state index contributed by atoms with van der Waals surface area (Å²) in [7, 11) is 0. The number of alkyl halides is 2. The first kappa shape index (κ1) is 9.31. The maximum Gasteiger partial charge on any atom is 0.280 e. The lowest BCUT2D eigenvalue weighted by molar-refractivity contribution is 0.146. The molecule has 0 saturated heterocycles. The molecule has 0 unspecified atom stereocenters. The Labute approximate surface area is 84.5 Å². The maximum atomic E-state index is 12.0. The summed E-state index contributed by atoms with van der Waals surface area (Å²) in [6.45, 7) is 0. The van der Waals surface area contributed by atoms with Crippen molar-refractivity contribution >= 4 is 38.5 Å². The van der Waals surface area contributed by atoms with Crippen LogP contribution in [0.5, 0.6) is 0 Å². The van der Waals surface area contributed by atoms with Gasteiger partial charge in [0.25, 0.3) is 6.43 Å². The van der Waals surface area contributed by atoms with Crippen molar-refractivity contribution < 1.29 is 8.78 Å². The standard InChI is InChI=1S/C6H3BrF2IN/c7-3-2-11-5(6(8)9)1-4(3)10/h1-2,6H. The van der Waals surface area contributed by atoms with Crippen molar-refractivity contribution in [3.05, 3.63) is 26.0 Å². The minimum Gasteiger partial charge on any atom is -0.254 e. The van der Waals surface area contributed by atoms with Crippen molar-refractivity contribution in [3.8, 4) is 0 Å². The van der Waals surface area contributed by atoms with Crippen molar-refractivity contribution in [2.45, 2.75) is 6.43 Å². The van der Waals surface area contributed by atoms with E-state index >= 15 is 0 Å². The first-order valence-corrected chi connectivity index (χ1v) is 4.57. The highest BCUT2D eigenvalue weighted by Gasteiger charge is 2.09. The summed E-state index contributed by atoms with van der Waals surface area (Å²) in [5, 5.41) is 0. The molecule has 5 heteroatoms. The van der Waals surface area contributed by atoms with Gasteiger partial charge in [-0.05, 0) is 44.6 Å². The van der Waals surface area contributed by atoms with E-state index in [2.05, 4.69) is 20.9 Å². The molecule has 11 heavy (non-hydrogen) atoms. The Hall–Kier alpha value is 0.220. The van der Waals surface area contributed by atoms with E-state index in [1.165, 1.54) is 12.3 Å². The number of hydrogen-bond donors (Lipinski definition) is 0. The molecule has 0 aliphatic carbocycles. The third-order valence-corrected chi connectivity index (χ3v) is 3.32. The topological polar surface area (TPSA) is 12.9 Å². The Kier molecular flexibility index (Phi) is 3.17. The second kappa shape index (κ2) is 3.75. The van der Waals surface area contributed by atoms with Crippen LogP contribution in [0.15, 0.2) is 16.7 Å². The molecular formula is C6H3BrF2IN. The van der Waals surface area contributed by atoms with Crippen LogP contribution in [-0.4, -0.2) is 4.98 Å². The average Bonchev–Trinajstić information content (AvgIpc) is 1.94. The number of aromatic nitrogens is 1. The van der Waals surface area contributed by atoms with Gasteiger partial charge in [-0.3, -0.25) is 4.98 Å². The van der Waals surface area contributed by atoms with Gasteiger partial charge >= 0.3 is 0 Å². The van der Waals surface area contributed by atoms with E-state index < -0.39 is 6.43 Å². The van der Waals surface area contributed by atoms with E-state index in [1.807, 2.05) is 22.6 Å². The van der Waals surface area contributed by atoms with E-state index in [0.29, 0.717) is 0 Å². The second-order valence-corrected chi connectivity index (χ2v) is 3.84. The lowest BCUT2D eigenvalue weighted by Gasteiger charge is -1.99. The van der Waals surface area contributed by atoms with Gasteiger partial charge in [0.2, 0.25) is 0 Å². The van der Waals surface area contributed by atoms with Gasteiger partial charge in [-0.2, -0.15) is 0 Å². The minimum atomic E-state index is -2.49. The van der Waals surface area contributed by atoms with E-state index in [0.717, 1.165) is 8.04 Å². The lowest BCUT2D eigenvalue weighted by atomic mass is 10.4. The zero-order chi connectivity index (χ0) is 8.43. The predicted octanol–water partition coefficient (Wildman–Crippen LogP) is 3.39. The van der Waals surface area contributed by atoms with Gasteiger partial charge in [-0.25, -0.2) is 8.78 Å². The van der Waals surface area contributed by atoms with Gasteiger partial charge in [0.15, 0.2) is 0 Å². The van der Waals surface area contributed by atoms with Crippen LogP contribution in [0.3, 0.4) is 0 Å². The largest absolute Gasteiger partial charge is 0.280 e. The molecule has 1 rings (SSSR count). The first-order chi connectivity index (χ1) is 5.11. The zero-order valence-corrected chi connectivity index (χ0v) is 8.93. The summed E-state index contributed by atoms with van der Waals surface area (Å²) in [4.78, 5) is 3.54. The molecule has 0 radical (unpaired) electrons. The Morgan fingerprint density at radius 2 is 2.18 bits per heavy atom. The summed E-state index contributed by atoms with van der Waals surface area (Å²) >= 11 is 5.13. The fourth-order valence-electron chi connectivity index (χ4n) is 0.548. The van der Waals surface area contributed by atoms with Crippen LogP contribution >= 0.6 is 38.5 Å². The van der Waals surface area contributed by atoms with Crippen molar-refractivity contribution in [2.75, 3.05) is 0 Å². The van der Waals surface area contributed by atoms with Gasteiger partial charge < -0.3 is 0 Å². The summed E-state index contributed by atoms with van der Waals surface area (Å²) < 4.78 is 25.5. The van der Waals surface area contributed by atoms with Crippen LogP contribution in [0.4, 0.5) is 8.78 Å². The smallest absolute Gasteiger partial charge is 0.254 e. The number of rotatable bonds is 1. The number of halogens is 4. The summed E-state index contributed by atoms with van der Waals surface area (Å²) in [5.74, 6) is 0. The molecule has 0 N–H and O–H groups in total. The molecule has 1 aromatic heterocycles. The Bertz CT molecular complexity index is 267. The highest BCUT2D eigenvalue weighted by Crippen LogP contribution is 2.23. The third kappa shape index (κ3) is 2.33. The van der Waals surface area contributed by atoms with Crippen LogP contribution in [0.2, 0.25) is 0 Å². The third-order valence-electron chi connectivity index (χ3n) is 1.05. The molecule has 0 aromatic carbocycles. The second-order valence-electron chi connectivity index (χ2n) is 1.82. The first-order valence-electron chi connectivity index (χ1n) is 2.70. The molecule has 0 spiro atoms. The Balaban J connectivity index is 3.05. The van der Waals surface area contributed by atoms with Crippen molar-refractivity contribution in [3.63, 3.8) is 0 Å². The quantitative estimate of drug-likeness (QED) is 0.718. The van der Waals surface area contributed by atoms with Crippen molar-refractivity contribution in [1.29, 1.82) is 0 Å². The highest BCUT2D eigenvalue weighted by atomic mass is 127. The Morgan fingerprint density at radius 1 is 1.55 bits per heavy atom. The molecule has 0 fully saturated rings. The monoisotopic (exact) mass is 333 g/mol. The Morgan fingerprint density at radius 3 is 2.64 bits per heavy atom. The highest BCUT2D eigenvalue weighted by molar-refractivity contribution is 14.1. The van der Waals surface area contributed by atoms with Crippen LogP contribution in [0.25, 0.3) is 0 Å². The molecule has 1 aromatic rings. The maximum absolute atomic E-state index is 12.0. The predicted molar refractivity (Wildman–Crippen MR) is 49.6 cm³/mol. The molecule has 1 heterocycles. The summed E-state index contributed by atoms with van der Waals surface area (Å²) in [6, 6.07) is 1.36. The average molecular weight is 334 g/mol. The number of nitrogens with zero attached hydrogens (tertiary/aromatic N) is 1. The fraction of sp³-hybridized carbons (Fsp3) is 0.167. The zero-order valence-electron chi connectivity index (χ0n) is 5.19. The molecule has 1 nitrogen and oxygen atoms in total. The molecule has 0 atom stereocenters. The van der Waals surface area contributed by atoms with Gasteiger partial charge in [-0.1, -0.05) is 0 Å². The lowest BCUT2D eigenvalue weighted by Crippen LogP contribution is -1.90. The molecule has 0 aliphatic rings. The molecule has 60 valence electrons. The summed E-state index contributed by atoms with van der Waals surface area (Å²) in [5.41, 5.74) is -0.183. The van der Waals surface area contributed by atoms with Crippen molar-refractivity contribution in [1.82, 2.24) is 4.98 Å². The van der Waals surface area contributed by atoms with Crippen molar-refractivity contribution in [2.24, 2.45) is 0 Å². The van der Waals surface area contributed by atoms with Crippen LogP contribution in [0.1, 0.15) is 12.1 Å². The van der Waals surface area contributed by atoms with E-state index in [-0.39, 0.29) is 5.69 Å². The van der Waals surface area contributed by atoms with Gasteiger partial charge in [0, 0.05) is 14.2 Å². The molecular weight excluding hydrogens is 331 g/mol. The van der Waals surface area contributed by atoms with E-state index in [9.17, 15) is 8.78 Å². The molecule has 0 aliphatic heterocycles.